The first kappa shape index (κ1) is 10.9. The Balaban J connectivity index is 2.34. The first-order valence-corrected chi connectivity index (χ1v) is 5.27. The van der Waals surface area contributed by atoms with Crippen LogP contribution in [-0.2, 0) is 4.74 Å². The van der Waals surface area contributed by atoms with Crippen LogP contribution in [0.15, 0.2) is 0 Å². The maximum Gasteiger partial charge on any atom is 0.341 e. The maximum absolute atomic E-state index is 11.0. The van der Waals surface area contributed by atoms with Gasteiger partial charge >= 0.3 is 5.97 Å². The second kappa shape index (κ2) is 4.13. The summed E-state index contributed by atoms with van der Waals surface area (Å²) < 4.78 is 6.87. The van der Waals surface area contributed by atoms with Crippen molar-refractivity contribution in [3.05, 3.63) is 11.3 Å². The molecule has 6 heteroatoms. The largest absolute Gasteiger partial charge is 0.477 e. The van der Waals surface area contributed by atoms with Crippen molar-refractivity contribution in [3.8, 4) is 0 Å². The molecule has 3 N–H and O–H groups in total. The van der Waals surface area contributed by atoms with Crippen molar-refractivity contribution in [2.45, 2.75) is 25.8 Å². The van der Waals surface area contributed by atoms with Crippen LogP contribution in [0.2, 0.25) is 0 Å². The summed E-state index contributed by atoms with van der Waals surface area (Å²) in [5, 5.41) is 13.2. The summed E-state index contributed by atoms with van der Waals surface area (Å²) in [6, 6.07) is 0.153. The molecule has 0 amide bonds. The molecule has 0 atom stereocenters. The molecule has 1 fully saturated rings. The lowest BCUT2D eigenvalue weighted by atomic mass is 10.1. The number of hydrogen-bond acceptors (Lipinski definition) is 4. The van der Waals surface area contributed by atoms with E-state index < -0.39 is 5.97 Å². The number of aromatic carboxylic acids is 1. The van der Waals surface area contributed by atoms with Crippen LogP contribution >= 0.6 is 0 Å². The van der Waals surface area contributed by atoms with Crippen LogP contribution in [0.3, 0.4) is 0 Å². The predicted octanol–water partition coefficient (Wildman–Crippen LogP) is 0.823. The average Bonchev–Trinajstić information content (AvgIpc) is 2.55. The molecule has 0 radical (unpaired) electrons. The lowest BCUT2D eigenvalue weighted by Crippen LogP contribution is -2.22. The minimum Gasteiger partial charge on any atom is -0.477 e. The van der Waals surface area contributed by atoms with Gasteiger partial charge in [0.05, 0.1) is 11.7 Å². The third kappa shape index (κ3) is 1.76. The van der Waals surface area contributed by atoms with Crippen molar-refractivity contribution in [2.75, 3.05) is 18.9 Å². The van der Waals surface area contributed by atoms with Gasteiger partial charge in [0.25, 0.3) is 0 Å². The van der Waals surface area contributed by atoms with Gasteiger partial charge in [0.2, 0.25) is 0 Å². The van der Waals surface area contributed by atoms with E-state index in [1.165, 1.54) is 0 Å². The number of anilines is 1. The van der Waals surface area contributed by atoms with Gasteiger partial charge < -0.3 is 15.6 Å². The van der Waals surface area contributed by atoms with Crippen molar-refractivity contribution in [1.82, 2.24) is 9.78 Å². The SMILES string of the molecule is Cc1nn(C2CCOCC2)c(N)c1C(=O)O. The lowest BCUT2D eigenvalue weighted by Gasteiger charge is -2.23. The zero-order valence-electron chi connectivity index (χ0n) is 9.14. The molecule has 1 saturated heterocycles. The van der Waals surface area contributed by atoms with Gasteiger partial charge in [0, 0.05) is 13.2 Å². The van der Waals surface area contributed by atoms with Crippen molar-refractivity contribution >= 4 is 11.8 Å². The van der Waals surface area contributed by atoms with E-state index in [0.717, 1.165) is 12.8 Å². The highest BCUT2D eigenvalue weighted by atomic mass is 16.5. The summed E-state index contributed by atoms with van der Waals surface area (Å²) in [6.45, 7) is 3.01. The number of aryl methyl sites for hydroxylation is 1. The highest BCUT2D eigenvalue weighted by Gasteiger charge is 2.24. The van der Waals surface area contributed by atoms with E-state index in [2.05, 4.69) is 5.10 Å². The molecular weight excluding hydrogens is 210 g/mol. The molecule has 0 aromatic carbocycles. The number of aromatic nitrogens is 2. The number of nitrogens with two attached hydrogens (primary N) is 1. The number of carboxylic acid groups (broad SMARTS) is 1. The van der Waals surface area contributed by atoms with Gasteiger partial charge in [-0.05, 0) is 19.8 Å². The summed E-state index contributed by atoms with van der Waals surface area (Å²) in [7, 11) is 0. The Kier molecular flexibility index (Phi) is 2.82. The summed E-state index contributed by atoms with van der Waals surface area (Å²) in [5.41, 5.74) is 6.40. The molecule has 0 spiro atoms. The molecule has 88 valence electrons. The lowest BCUT2D eigenvalue weighted by molar-refractivity contribution is 0.0666. The van der Waals surface area contributed by atoms with Crippen molar-refractivity contribution in [3.63, 3.8) is 0 Å². The van der Waals surface area contributed by atoms with Gasteiger partial charge in [0.15, 0.2) is 0 Å². The molecule has 1 aromatic rings. The Morgan fingerprint density at radius 1 is 1.56 bits per heavy atom. The zero-order valence-corrected chi connectivity index (χ0v) is 9.14. The van der Waals surface area contributed by atoms with Gasteiger partial charge in [-0.1, -0.05) is 0 Å². The van der Waals surface area contributed by atoms with E-state index in [4.69, 9.17) is 15.6 Å². The molecule has 1 aromatic heterocycles. The molecule has 2 heterocycles. The molecule has 16 heavy (non-hydrogen) atoms. The smallest absolute Gasteiger partial charge is 0.341 e. The van der Waals surface area contributed by atoms with E-state index in [1.54, 1.807) is 11.6 Å². The van der Waals surface area contributed by atoms with Crippen LogP contribution in [0.5, 0.6) is 0 Å². The number of nitrogens with zero attached hydrogens (tertiary/aromatic N) is 2. The standard InChI is InChI=1S/C10H15N3O3/c1-6-8(10(14)15)9(11)13(12-6)7-2-4-16-5-3-7/h7H,2-5,11H2,1H3,(H,14,15). The number of rotatable bonds is 2. The first-order chi connectivity index (χ1) is 7.61. The highest BCUT2D eigenvalue weighted by molar-refractivity contribution is 5.94. The molecule has 2 rings (SSSR count). The van der Waals surface area contributed by atoms with Gasteiger partial charge in [0.1, 0.15) is 11.4 Å². The van der Waals surface area contributed by atoms with Crippen molar-refractivity contribution in [1.29, 1.82) is 0 Å². The summed E-state index contributed by atoms with van der Waals surface area (Å²) in [5.74, 6) is -0.773. The topological polar surface area (TPSA) is 90.4 Å². The molecule has 1 aliphatic rings. The number of carboxylic acids is 1. The van der Waals surface area contributed by atoms with E-state index in [-0.39, 0.29) is 17.4 Å². The van der Waals surface area contributed by atoms with Crippen LogP contribution in [-0.4, -0.2) is 34.1 Å². The molecule has 0 unspecified atom stereocenters. The zero-order chi connectivity index (χ0) is 11.7. The normalized spacial score (nSPS) is 17.6. The van der Waals surface area contributed by atoms with Crippen LogP contribution in [0.25, 0.3) is 0 Å². The fraction of sp³-hybridized carbons (Fsp3) is 0.600. The van der Waals surface area contributed by atoms with Gasteiger partial charge in [-0.15, -0.1) is 0 Å². The Morgan fingerprint density at radius 3 is 2.69 bits per heavy atom. The number of hydrogen-bond donors (Lipinski definition) is 2. The van der Waals surface area contributed by atoms with Crippen LogP contribution < -0.4 is 5.73 Å². The minimum absolute atomic E-state index is 0.117. The fourth-order valence-electron chi connectivity index (χ4n) is 2.04. The van der Waals surface area contributed by atoms with E-state index in [1.807, 2.05) is 0 Å². The minimum atomic E-state index is -1.02. The highest BCUT2D eigenvalue weighted by Crippen LogP contribution is 2.26. The van der Waals surface area contributed by atoms with Gasteiger partial charge in [-0.3, -0.25) is 0 Å². The summed E-state index contributed by atoms with van der Waals surface area (Å²) >= 11 is 0. The molecule has 0 saturated carbocycles. The van der Waals surface area contributed by atoms with Crippen LogP contribution in [0.4, 0.5) is 5.82 Å². The monoisotopic (exact) mass is 225 g/mol. The number of carbonyl (C=O) groups is 1. The Morgan fingerprint density at radius 2 is 2.19 bits per heavy atom. The van der Waals surface area contributed by atoms with Crippen molar-refractivity contribution in [2.24, 2.45) is 0 Å². The maximum atomic E-state index is 11.0. The molecular formula is C10H15N3O3. The Hall–Kier alpha value is -1.56. The van der Waals surface area contributed by atoms with E-state index >= 15 is 0 Å². The fourth-order valence-corrected chi connectivity index (χ4v) is 2.04. The van der Waals surface area contributed by atoms with Crippen LogP contribution in [0, 0.1) is 6.92 Å². The molecule has 1 aliphatic heterocycles. The first-order valence-electron chi connectivity index (χ1n) is 5.27. The Labute approximate surface area is 93.0 Å². The second-order valence-electron chi connectivity index (χ2n) is 3.94. The molecule has 0 aliphatic carbocycles. The number of nitrogen functional groups attached to an aromatic ring is 1. The third-order valence-corrected chi connectivity index (χ3v) is 2.87. The summed E-state index contributed by atoms with van der Waals surface area (Å²) in [4.78, 5) is 11.0. The average molecular weight is 225 g/mol. The predicted molar refractivity (Wildman–Crippen MR) is 57.4 cm³/mol. The number of ether oxygens (including phenoxy) is 1. The molecule has 0 bridgehead atoms. The second-order valence-corrected chi connectivity index (χ2v) is 3.94. The van der Waals surface area contributed by atoms with Crippen molar-refractivity contribution < 1.29 is 14.6 Å². The van der Waals surface area contributed by atoms with Gasteiger partial charge in [-0.25, -0.2) is 9.48 Å². The van der Waals surface area contributed by atoms with Gasteiger partial charge in [-0.2, -0.15) is 5.10 Å². The van der Waals surface area contributed by atoms with E-state index in [9.17, 15) is 4.79 Å². The molecule has 6 nitrogen and oxygen atoms in total. The summed E-state index contributed by atoms with van der Waals surface area (Å²) in [6.07, 6.45) is 1.65. The van der Waals surface area contributed by atoms with E-state index in [0.29, 0.717) is 18.9 Å². The van der Waals surface area contributed by atoms with Crippen LogP contribution in [0.1, 0.15) is 34.9 Å². The Bertz CT molecular complexity index is 408. The third-order valence-electron chi connectivity index (χ3n) is 2.87. The quantitative estimate of drug-likeness (QED) is 0.777.